The van der Waals surface area contributed by atoms with Gasteiger partial charge in [0.15, 0.2) is 5.82 Å². The fourth-order valence-electron chi connectivity index (χ4n) is 2.57. The second-order valence-corrected chi connectivity index (χ2v) is 6.37. The predicted octanol–water partition coefficient (Wildman–Crippen LogP) is 4.76. The Kier molecular flexibility index (Phi) is 5.31. The van der Waals surface area contributed by atoms with Crippen LogP contribution >= 0.6 is 0 Å². The van der Waals surface area contributed by atoms with Crippen molar-refractivity contribution in [2.45, 2.75) is 33.8 Å². The molecule has 0 spiro atoms. The molecule has 2 N–H and O–H groups in total. The van der Waals surface area contributed by atoms with Gasteiger partial charge in [0.1, 0.15) is 5.75 Å². The van der Waals surface area contributed by atoms with Crippen LogP contribution in [0.4, 0.5) is 23.1 Å². The van der Waals surface area contributed by atoms with Crippen LogP contribution in [0.25, 0.3) is 0 Å². The first-order valence-corrected chi connectivity index (χ1v) is 8.58. The standard InChI is InChI=1S/C20H23N5O/c1-13(2)26-17-10-8-16(9-11-17)22-20-24-18(12-21-25-20)23-19-14(3)6-5-7-15(19)4/h5-13H,1-4H3,(H2,22,23,24,25). The minimum Gasteiger partial charge on any atom is -0.491 e. The first kappa shape index (κ1) is 17.7. The van der Waals surface area contributed by atoms with Crippen molar-refractivity contribution in [3.63, 3.8) is 0 Å². The van der Waals surface area contributed by atoms with E-state index in [2.05, 4.69) is 51.8 Å². The summed E-state index contributed by atoms with van der Waals surface area (Å²) in [5.74, 6) is 1.90. The van der Waals surface area contributed by atoms with Gasteiger partial charge in [0.2, 0.25) is 5.95 Å². The summed E-state index contributed by atoms with van der Waals surface area (Å²) in [6, 6.07) is 13.8. The number of ether oxygens (including phenoxy) is 1. The Bertz CT molecular complexity index is 857. The highest BCUT2D eigenvalue weighted by Crippen LogP contribution is 2.24. The second-order valence-electron chi connectivity index (χ2n) is 6.37. The van der Waals surface area contributed by atoms with Gasteiger partial charge < -0.3 is 15.4 Å². The Hall–Kier alpha value is -3.15. The number of anilines is 4. The van der Waals surface area contributed by atoms with Crippen LogP contribution in [0.5, 0.6) is 5.75 Å². The molecule has 0 aliphatic heterocycles. The van der Waals surface area contributed by atoms with Crippen LogP contribution in [-0.2, 0) is 0 Å². The molecule has 0 atom stereocenters. The van der Waals surface area contributed by atoms with Crippen molar-refractivity contribution in [3.8, 4) is 5.75 Å². The van der Waals surface area contributed by atoms with E-state index >= 15 is 0 Å². The summed E-state index contributed by atoms with van der Waals surface area (Å²) in [5, 5.41) is 14.6. The summed E-state index contributed by atoms with van der Waals surface area (Å²) >= 11 is 0. The smallest absolute Gasteiger partial charge is 0.249 e. The molecule has 0 radical (unpaired) electrons. The van der Waals surface area contributed by atoms with Gasteiger partial charge in [-0.2, -0.15) is 10.1 Å². The van der Waals surface area contributed by atoms with Crippen molar-refractivity contribution in [1.82, 2.24) is 15.2 Å². The van der Waals surface area contributed by atoms with E-state index < -0.39 is 0 Å². The quantitative estimate of drug-likeness (QED) is 0.668. The van der Waals surface area contributed by atoms with E-state index in [1.807, 2.05) is 44.2 Å². The lowest BCUT2D eigenvalue weighted by atomic mass is 10.1. The molecular weight excluding hydrogens is 326 g/mol. The largest absolute Gasteiger partial charge is 0.491 e. The molecule has 0 bridgehead atoms. The molecule has 6 nitrogen and oxygen atoms in total. The number of nitrogens with one attached hydrogen (secondary N) is 2. The molecule has 0 aliphatic carbocycles. The highest BCUT2D eigenvalue weighted by atomic mass is 16.5. The fraction of sp³-hybridized carbons (Fsp3) is 0.250. The lowest BCUT2D eigenvalue weighted by Crippen LogP contribution is -2.06. The minimum absolute atomic E-state index is 0.147. The molecule has 0 amide bonds. The minimum atomic E-state index is 0.147. The molecule has 0 saturated carbocycles. The van der Waals surface area contributed by atoms with Gasteiger partial charge in [-0.3, -0.25) is 0 Å². The number of nitrogens with zero attached hydrogens (tertiary/aromatic N) is 3. The molecular formula is C20H23N5O. The third-order valence-corrected chi connectivity index (χ3v) is 3.78. The summed E-state index contributed by atoms with van der Waals surface area (Å²) in [4.78, 5) is 4.49. The second kappa shape index (κ2) is 7.82. The summed E-state index contributed by atoms with van der Waals surface area (Å²) in [6.45, 7) is 8.12. The van der Waals surface area contributed by atoms with Crippen molar-refractivity contribution in [2.24, 2.45) is 0 Å². The number of hydrogen-bond donors (Lipinski definition) is 2. The lowest BCUT2D eigenvalue weighted by molar-refractivity contribution is 0.242. The third-order valence-electron chi connectivity index (χ3n) is 3.78. The summed E-state index contributed by atoms with van der Waals surface area (Å²) in [6.07, 6.45) is 1.75. The van der Waals surface area contributed by atoms with Crippen LogP contribution in [0.15, 0.2) is 48.7 Å². The number of rotatable bonds is 6. The zero-order valence-electron chi connectivity index (χ0n) is 15.4. The summed E-state index contributed by atoms with van der Waals surface area (Å²) in [5.41, 5.74) is 4.21. The third kappa shape index (κ3) is 4.47. The number of aryl methyl sites for hydroxylation is 2. The Morgan fingerprint density at radius 2 is 1.62 bits per heavy atom. The van der Waals surface area contributed by atoms with E-state index in [1.165, 1.54) is 0 Å². The topological polar surface area (TPSA) is 72.0 Å². The van der Waals surface area contributed by atoms with E-state index in [0.717, 1.165) is 28.3 Å². The highest BCUT2D eigenvalue weighted by molar-refractivity contribution is 5.65. The molecule has 3 aromatic rings. The molecule has 3 rings (SSSR count). The van der Waals surface area contributed by atoms with Crippen molar-refractivity contribution < 1.29 is 4.74 Å². The van der Waals surface area contributed by atoms with Crippen LogP contribution in [0.2, 0.25) is 0 Å². The zero-order valence-corrected chi connectivity index (χ0v) is 15.4. The highest BCUT2D eigenvalue weighted by Gasteiger charge is 2.06. The lowest BCUT2D eigenvalue weighted by Gasteiger charge is -2.12. The number of aromatic nitrogens is 3. The van der Waals surface area contributed by atoms with Crippen LogP contribution in [-0.4, -0.2) is 21.3 Å². The van der Waals surface area contributed by atoms with Gasteiger partial charge in [-0.1, -0.05) is 18.2 Å². The summed E-state index contributed by atoms with van der Waals surface area (Å²) < 4.78 is 5.65. The van der Waals surface area contributed by atoms with Crippen LogP contribution in [0.1, 0.15) is 25.0 Å². The van der Waals surface area contributed by atoms with Crippen LogP contribution in [0.3, 0.4) is 0 Å². The van der Waals surface area contributed by atoms with Crippen LogP contribution < -0.4 is 15.4 Å². The number of benzene rings is 2. The number of hydrogen-bond acceptors (Lipinski definition) is 6. The molecule has 1 aromatic heterocycles. The monoisotopic (exact) mass is 349 g/mol. The van der Waals surface area contributed by atoms with E-state index in [9.17, 15) is 0 Å². The molecule has 26 heavy (non-hydrogen) atoms. The molecule has 0 saturated heterocycles. The van der Waals surface area contributed by atoms with E-state index in [4.69, 9.17) is 4.74 Å². The predicted molar refractivity (Wildman–Crippen MR) is 105 cm³/mol. The van der Waals surface area contributed by atoms with Gasteiger partial charge in [-0.15, -0.1) is 5.10 Å². The van der Waals surface area contributed by atoms with Gasteiger partial charge in [0.25, 0.3) is 0 Å². The molecule has 6 heteroatoms. The molecule has 0 unspecified atom stereocenters. The molecule has 0 aliphatic rings. The first-order valence-electron chi connectivity index (χ1n) is 8.58. The molecule has 2 aromatic carbocycles. The van der Waals surface area contributed by atoms with Crippen molar-refractivity contribution in [3.05, 3.63) is 59.8 Å². The van der Waals surface area contributed by atoms with Gasteiger partial charge in [-0.05, 0) is 63.1 Å². The van der Waals surface area contributed by atoms with Crippen LogP contribution in [0, 0.1) is 13.8 Å². The average Bonchev–Trinajstić information content (AvgIpc) is 2.60. The van der Waals surface area contributed by atoms with E-state index in [0.29, 0.717) is 11.8 Å². The fourth-order valence-corrected chi connectivity index (χ4v) is 2.57. The normalized spacial score (nSPS) is 10.7. The first-order chi connectivity index (χ1) is 12.5. The molecule has 134 valence electrons. The van der Waals surface area contributed by atoms with Crippen molar-refractivity contribution in [2.75, 3.05) is 10.6 Å². The van der Waals surface area contributed by atoms with E-state index in [1.54, 1.807) is 6.20 Å². The SMILES string of the molecule is Cc1cccc(C)c1Nc1cnnc(Nc2ccc(OC(C)C)cc2)n1. The maximum Gasteiger partial charge on any atom is 0.249 e. The van der Waals surface area contributed by atoms with Gasteiger partial charge in [0, 0.05) is 11.4 Å². The number of para-hydroxylation sites is 1. The van der Waals surface area contributed by atoms with Gasteiger partial charge >= 0.3 is 0 Å². The Balaban J connectivity index is 1.73. The summed E-state index contributed by atoms with van der Waals surface area (Å²) in [7, 11) is 0. The maximum atomic E-state index is 5.65. The Labute approximate surface area is 153 Å². The van der Waals surface area contributed by atoms with Crippen molar-refractivity contribution >= 4 is 23.1 Å². The Morgan fingerprint density at radius 3 is 2.27 bits per heavy atom. The maximum absolute atomic E-state index is 5.65. The van der Waals surface area contributed by atoms with Gasteiger partial charge in [0.05, 0.1) is 12.3 Å². The Morgan fingerprint density at radius 1 is 0.923 bits per heavy atom. The molecule has 0 fully saturated rings. The van der Waals surface area contributed by atoms with Crippen molar-refractivity contribution in [1.29, 1.82) is 0 Å². The zero-order chi connectivity index (χ0) is 18.5. The van der Waals surface area contributed by atoms with Gasteiger partial charge in [-0.25, -0.2) is 0 Å². The molecule has 1 heterocycles. The average molecular weight is 349 g/mol. The van der Waals surface area contributed by atoms with E-state index in [-0.39, 0.29) is 6.10 Å².